The second-order valence-electron chi connectivity index (χ2n) is 4.55. The molecule has 0 bridgehead atoms. The van der Waals surface area contributed by atoms with E-state index in [4.69, 9.17) is 0 Å². The van der Waals surface area contributed by atoms with Crippen molar-refractivity contribution in [3.63, 3.8) is 0 Å². The third kappa shape index (κ3) is 3.86. The number of likely N-dealkylation sites (tertiary alicyclic amines) is 1. The summed E-state index contributed by atoms with van der Waals surface area (Å²) in [6.45, 7) is 5.03. The fraction of sp³-hybridized carbons (Fsp3) is 0.571. The molecule has 1 aromatic rings. The van der Waals surface area contributed by atoms with E-state index in [9.17, 15) is 0 Å². The quantitative estimate of drug-likeness (QED) is 0.738. The molecule has 0 aliphatic carbocycles. The van der Waals surface area contributed by atoms with Crippen LogP contribution in [0.15, 0.2) is 30.3 Å². The number of para-hydroxylation sites is 1. The molecule has 1 aliphatic rings. The van der Waals surface area contributed by atoms with Crippen molar-refractivity contribution in [2.75, 3.05) is 31.5 Å². The number of anilines is 1. The molecule has 0 radical (unpaired) electrons. The van der Waals surface area contributed by atoms with Gasteiger partial charge in [-0.05, 0) is 57.5 Å². The molecular formula is C14H22N2. The van der Waals surface area contributed by atoms with Crippen LogP contribution < -0.4 is 5.32 Å². The molecule has 1 heterocycles. The van der Waals surface area contributed by atoms with Gasteiger partial charge in [0.05, 0.1) is 0 Å². The van der Waals surface area contributed by atoms with Crippen LogP contribution in [-0.2, 0) is 0 Å². The van der Waals surface area contributed by atoms with Gasteiger partial charge in [0.15, 0.2) is 0 Å². The van der Waals surface area contributed by atoms with Crippen molar-refractivity contribution in [1.82, 2.24) is 4.90 Å². The van der Waals surface area contributed by atoms with Crippen LogP contribution in [0.25, 0.3) is 0 Å². The van der Waals surface area contributed by atoms with Crippen molar-refractivity contribution in [3.8, 4) is 0 Å². The molecule has 1 aromatic carbocycles. The number of hydrogen-bond donors (Lipinski definition) is 1. The monoisotopic (exact) mass is 218 g/mol. The maximum atomic E-state index is 3.45. The predicted molar refractivity (Wildman–Crippen MR) is 69.8 cm³/mol. The van der Waals surface area contributed by atoms with Gasteiger partial charge < -0.3 is 10.2 Å². The molecule has 1 saturated heterocycles. The Morgan fingerprint density at radius 3 is 2.50 bits per heavy atom. The van der Waals surface area contributed by atoms with Crippen molar-refractivity contribution < 1.29 is 0 Å². The summed E-state index contributed by atoms with van der Waals surface area (Å²) in [4.78, 5) is 2.59. The van der Waals surface area contributed by atoms with E-state index in [1.54, 1.807) is 0 Å². The molecule has 0 aromatic heterocycles. The topological polar surface area (TPSA) is 15.3 Å². The molecule has 88 valence electrons. The highest BCUT2D eigenvalue weighted by atomic mass is 15.1. The number of unbranched alkanes of at least 4 members (excludes halogenated alkanes) is 1. The van der Waals surface area contributed by atoms with Gasteiger partial charge >= 0.3 is 0 Å². The van der Waals surface area contributed by atoms with Gasteiger partial charge in [-0.1, -0.05) is 18.2 Å². The van der Waals surface area contributed by atoms with Gasteiger partial charge in [0, 0.05) is 12.2 Å². The molecule has 2 rings (SSSR count). The van der Waals surface area contributed by atoms with Crippen LogP contribution >= 0.6 is 0 Å². The van der Waals surface area contributed by atoms with Gasteiger partial charge in [-0.25, -0.2) is 0 Å². The smallest absolute Gasteiger partial charge is 0.0340 e. The predicted octanol–water partition coefficient (Wildman–Crippen LogP) is 2.97. The SMILES string of the molecule is c1ccc(NCCCCN2CCCC2)cc1. The number of nitrogens with zero attached hydrogens (tertiary/aromatic N) is 1. The molecule has 0 amide bonds. The van der Waals surface area contributed by atoms with Crippen LogP contribution in [0.1, 0.15) is 25.7 Å². The average Bonchev–Trinajstić information content (AvgIpc) is 2.83. The molecule has 0 atom stereocenters. The highest BCUT2D eigenvalue weighted by Crippen LogP contribution is 2.09. The fourth-order valence-electron chi connectivity index (χ4n) is 2.26. The van der Waals surface area contributed by atoms with Crippen LogP contribution in [0.2, 0.25) is 0 Å². The number of hydrogen-bond acceptors (Lipinski definition) is 2. The van der Waals surface area contributed by atoms with Crippen molar-refractivity contribution in [1.29, 1.82) is 0 Å². The number of rotatable bonds is 6. The summed E-state index contributed by atoms with van der Waals surface area (Å²) in [5, 5.41) is 3.45. The molecule has 0 unspecified atom stereocenters. The lowest BCUT2D eigenvalue weighted by atomic mass is 10.2. The molecule has 1 fully saturated rings. The lowest BCUT2D eigenvalue weighted by Crippen LogP contribution is -2.20. The molecule has 1 N–H and O–H groups in total. The minimum atomic E-state index is 1.10. The lowest BCUT2D eigenvalue weighted by molar-refractivity contribution is 0.331. The molecule has 1 aliphatic heterocycles. The van der Waals surface area contributed by atoms with Gasteiger partial charge in [-0.2, -0.15) is 0 Å². The Kier molecular flexibility index (Phi) is 4.69. The molecule has 0 spiro atoms. The maximum absolute atomic E-state index is 3.45. The third-order valence-electron chi connectivity index (χ3n) is 3.20. The fourth-order valence-corrected chi connectivity index (χ4v) is 2.26. The van der Waals surface area contributed by atoms with Crippen molar-refractivity contribution >= 4 is 5.69 Å². The molecule has 0 saturated carbocycles. The number of benzene rings is 1. The minimum Gasteiger partial charge on any atom is -0.385 e. The Bertz CT molecular complexity index is 278. The largest absolute Gasteiger partial charge is 0.385 e. The van der Waals surface area contributed by atoms with Crippen LogP contribution in [-0.4, -0.2) is 31.1 Å². The van der Waals surface area contributed by atoms with Crippen LogP contribution in [0, 0.1) is 0 Å². The zero-order valence-electron chi connectivity index (χ0n) is 9.99. The van der Waals surface area contributed by atoms with Crippen molar-refractivity contribution in [2.45, 2.75) is 25.7 Å². The van der Waals surface area contributed by atoms with E-state index in [1.807, 2.05) is 0 Å². The first-order valence-electron chi connectivity index (χ1n) is 6.46. The second kappa shape index (κ2) is 6.54. The standard InChI is InChI=1S/C14H22N2/c1-2-8-14(9-3-1)15-10-4-5-11-16-12-6-7-13-16/h1-3,8-9,15H,4-7,10-13H2. The highest BCUT2D eigenvalue weighted by Gasteiger charge is 2.09. The van der Waals surface area contributed by atoms with Crippen molar-refractivity contribution in [3.05, 3.63) is 30.3 Å². The average molecular weight is 218 g/mol. The van der Waals surface area contributed by atoms with Crippen LogP contribution in [0.3, 0.4) is 0 Å². The van der Waals surface area contributed by atoms with Crippen molar-refractivity contribution in [2.24, 2.45) is 0 Å². The molecule has 2 nitrogen and oxygen atoms in total. The summed E-state index contributed by atoms with van der Waals surface area (Å²) >= 11 is 0. The maximum Gasteiger partial charge on any atom is 0.0340 e. The Labute approximate surface area is 98.7 Å². The normalized spacial score (nSPS) is 16.5. The van der Waals surface area contributed by atoms with E-state index >= 15 is 0 Å². The Morgan fingerprint density at radius 1 is 1.00 bits per heavy atom. The van der Waals surface area contributed by atoms with Gasteiger partial charge in [-0.3, -0.25) is 0 Å². The first-order valence-corrected chi connectivity index (χ1v) is 6.46. The third-order valence-corrected chi connectivity index (χ3v) is 3.20. The first kappa shape index (κ1) is 11.5. The Morgan fingerprint density at radius 2 is 1.75 bits per heavy atom. The summed E-state index contributed by atoms with van der Waals surface area (Å²) in [7, 11) is 0. The first-order chi connectivity index (χ1) is 7.95. The van der Waals surface area contributed by atoms with Crippen LogP contribution in [0.5, 0.6) is 0 Å². The summed E-state index contributed by atoms with van der Waals surface area (Å²) in [5.74, 6) is 0. The highest BCUT2D eigenvalue weighted by molar-refractivity contribution is 5.42. The minimum absolute atomic E-state index is 1.10. The molecular weight excluding hydrogens is 196 g/mol. The molecule has 2 heteroatoms. The zero-order valence-corrected chi connectivity index (χ0v) is 9.99. The van der Waals surface area contributed by atoms with E-state index in [0.29, 0.717) is 0 Å². The summed E-state index contributed by atoms with van der Waals surface area (Å²) in [6.07, 6.45) is 5.40. The molecule has 16 heavy (non-hydrogen) atoms. The van der Waals surface area contributed by atoms with E-state index < -0.39 is 0 Å². The zero-order chi connectivity index (χ0) is 11.1. The van der Waals surface area contributed by atoms with Gasteiger partial charge in [0.1, 0.15) is 0 Å². The van der Waals surface area contributed by atoms with E-state index in [0.717, 1.165) is 6.54 Å². The summed E-state index contributed by atoms with van der Waals surface area (Å²) in [6, 6.07) is 10.5. The summed E-state index contributed by atoms with van der Waals surface area (Å²) < 4.78 is 0. The van der Waals surface area contributed by atoms with E-state index in [-0.39, 0.29) is 0 Å². The van der Waals surface area contributed by atoms with Crippen LogP contribution in [0.4, 0.5) is 5.69 Å². The van der Waals surface area contributed by atoms with Gasteiger partial charge in [0.25, 0.3) is 0 Å². The van der Waals surface area contributed by atoms with Gasteiger partial charge in [-0.15, -0.1) is 0 Å². The van der Waals surface area contributed by atoms with E-state index in [1.165, 1.54) is 51.0 Å². The number of nitrogens with one attached hydrogen (secondary N) is 1. The Hall–Kier alpha value is -1.02. The lowest BCUT2D eigenvalue weighted by Gasteiger charge is -2.14. The summed E-state index contributed by atoms with van der Waals surface area (Å²) in [5.41, 5.74) is 1.24. The van der Waals surface area contributed by atoms with E-state index in [2.05, 4.69) is 40.5 Å². The van der Waals surface area contributed by atoms with Gasteiger partial charge in [0.2, 0.25) is 0 Å². The Balaban J connectivity index is 1.52. The second-order valence-corrected chi connectivity index (χ2v) is 4.55.